The van der Waals surface area contributed by atoms with Crippen molar-refractivity contribution in [2.75, 3.05) is 12.4 Å². The molecule has 29 heavy (non-hydrogen) atoms. The number of benzene rings is 1. The van der Waals surface area contributed by atoms with Crippen LogP contribution in [0.3, 0.4) is 0 Å². The SMILES string of the molecule is COc1ccc(-c2[nH]ncc2[C@H]2NC(=O)c3sc4nc(C)cc(C)c4c3N2)cc1. The number of aromatic nitrogens is 3. The second-order valence-corrected chi connectivity index (χ2v) is 8.05. The number of nitrogens with one attached hydrogen (secondary N) is 3. The van der Waals surface area contributed by atoms with Gasteiger partial charge >= 0.3 is 0 Å². The average molecular weight is 405 g/mol. The molecule has 3 N–H and O–H groups in total. The van der Waals surface area contributed by atoms with Crippen LogP contribution in [0.25, 0.3) is 21.5 Å². The number of nitrogens with zero attached hydrogens (tertiary/aromatic N) is 2. The topological polar surface area (TPSA) is 91.9 Å². The molecule has 1 aromatic carbocycles. The number of amides is 1. The van der Waals surface area contributed by atoms with Crippen molar-refractivity contribution < 1.29 is 9.53 Å². The number of H-pyrrole nitrogens is 1. The summed E-state index contributed by atoms with van der Waals surface area (Å²) in [4.78, 5) is 19.0. The number of rotatable bonds is 3. The van der Waals surface area contributed by atoms with Crippen LogP contribution in [0, 0.1) is 13.8 Å². The van der Waals surface area contributed by atoms with Gasteiger partial charge in [0.15, 0.2) is 0 Å². The number of aromatic amines is 1. The molecule has 0 bridgehead atoms. The van der Waals surface area contributed by atoms with Gasteiger partial charge in [0, 0.05) is 22.2 Å². The number of carbonyl (C=O) groups is 1. The summed E-state index contributed by atoms with van der Waals surface area (Å²) >= 11 is 1.42. The number of carbonyl (C=O) groups excluding carboxylic acids is 1. The third-order valence-corrected chi connectivity index (χ3v) is 6.20. The lowest BCUT2D eigenvalue weighted by molar-refractivity contribution is 0.0940. The number of pyridine rings is 1. The van der Waals surface area contributed by atoms with Crippen LogP contribution in [0.4, 0.5) is 5.69 Å². The van der Waals surface area contributed by atoms with Gasteiger partial charge in [-0.1, -0.05) is 0 Å². The van der Waals surface area contributed by atoms with Crippen LogP contribution < -0.4 is 15.4 Å². The third-order valence-electron chi connectivity index (χ3n) is 5.12. The van der Waals surface area contributed by atoms with Crippen molar-refractivity contribution in [1.82, 2.24) is 20.5 Å². The Kier molecular flexibility index (Phi) is 4.02. The van der Waals surface area contributed by atoms with Crippen molar-refractivity contribution in [3.63, 3.8) is 0 Å². The van der Waals surface area contributed by atoms with E-state index < -0.39 is 6.17 Å². The first kappa shape index (κ1) is 17.7. The molecule has 0 spiro atoms. The van der Waals surface area contributed by atoms with Crippen molar-refractivity contribution in [2.24, 2.45) is 0 Å². The Hall–Kier alpha value is -3.39. The molecule has 4 aromatic rings. The van der Waals surface area contributed by atoms with Crippen molar-refractivity contribution in [2.45, 2.75) is 20.0 Å². The van der Waals surface area contributed by atoms with E-state index in [1.165, 1.54) is 11.3 Å². The van der Waals surface area contributed by atoms with Crippen LogP contribution in [0.15, 0.2) is 36.5 Å². The van der Waals surface area contributed by atoms with E-state index in [0.29, 0.717) is 4.88 Å². The van der Waals surface area contributed by atoms with Gasteiger partial charge in [-0.05, 0) is 49.7 Å². The molecule has 0 saturated heterocycles. The highest BCUT2D eigenvalue weighted by Gasteiger charge is 2.31. The largest absolute Gasteiger partial charge is 0.497 e. The monoisotopic (exact) mass is 405 g/mol. The normalized spacial score (nSPS) is 15.7. The van der Waals surface area contributed by atoms with E-state index in [4.69, 9.17) is 4.74 Å². The van der Waals surface area contributed by atoms with E-state index in [-0.39, 0.29) is 5.91 Å². The molecule has 1 amide bonds. The fourth-order valence-corrected chi connectivity index (χ4v) is 4.94. The highest BCUT2D eigenvalue weighted by molar-refractivity contribution is 7.21. The lowest BCUT2D eigenvalue weighted by Gasteiger charge is -2.26. The molecule has 0 unspecified atom stereocenters. The number of hydrogen-bond acceptors (Lipinski definition) is 6. The minimum atomic E-state index is -0.399. The Labute approximate surface area is 171 Å². The minimum absolute atomic E-state index is 0.106. The predicted octanol–water partition coefficient (Wildman–Crippen LogP) is 4.17. The first-order chi connectivity index (χ1) is 14.0. The van der Waals surface area contributed by atoms with Gasteiger partial charge in [0.05, 0.1) is 24.7 Å². The number of methoxy groups -OCH3 is 1. The molecular formula is C21H19N5O2S. The molecule has 7 nitrogen and oxygen atoms in total. The van der Waals surface area contributed by atoms with Gasteiger partial charge in [-0.25, -0.2) is 4.98 Å². The summed E-state index contributed by atoms with van der Waals surface area (Å²) in [5, 5.41) is 14.8. The zero-order valence-electron chi connectivity index (χ0n) is 16.2. The first-order valence-electron chi connectivity index (χ1n) is 9.21. The maximum atomic E-state index is 12.9. The van der Waals surface area contributed by atoms with Crippen molar-refractivity contribution in [3.05, 3.63) is 58.2 Å². The van der Waals surface area contributed by atoms with Gasteiger partial charge in [0.25, 0.3) is 5.91 Å². The number of aryl methyl sites for hydroxylation is 2. The van der Waals surface area contributed by atoms with E-state index in [0.717, 1.165) is 49.7 Å². The zero-order chi connectivity index (χ0) is 20.1. The van der Waals surface area contributed by atoms with Crippen LogP contribution in [0.1, 0.15) is 32.7 Å². The summed E-state index contributed by atoms with van der Waals surface area (Å²) in [5.41, 5.74) is 5.57. The quantitative estimate of drug-likeness (QED) is 0.476. The smallest absolute Gasteiger partial charge is 0.265 e. The van der Waals surface area contributed by atoms with Crippen LogP contribution in [-0.4, -0.2) is 28.2 Å². The van der Waals surface area contributed by atoms with Gasteiger partial charge in [-0.15, -0.1) is 11.3 Å². The van der Waals surface area contributed by atoms with Crippen LogP contribution >= 0.6 is 11.3 Å². The molecule has 1 aliphatic heterocycles. The molecule has 0 saturated carbocycles. The van der Waals surface area contributed by atoms with Gasteiger partial charge in [-0.3, -0.25) is 9.89 Å². The zero-order valence-corrected chi connectivity index (χ0v) is 17.0. The number of fused-ring (bicyclic) bond motifs is 3. The highest BCUT2D eigenvalue weighted by Crippen LogP contribution is 2.41. The summed E-state index contributed by atoms with van der Waals surface area (Å²) < 4.78 is 5.24. The Bertz CT molecular complexity index is 1240. The Balaban J connectivity index is 1.57. The molecule has 0 aliphatic carbocycles. The summed E-state index contributed by atoms with van der Waals surface area (Å²) in [6.45, 7) is 4.02. The Morgan fingerprint density at radius 1 is 1.14 bits per heavy atom. The second kappa shape index (κ2) is 6.59. The number of thiophene rings is 1. The Morgan fingerprint density at radius 2 is 1.93 bits per heavy atom. The second-order valence-electron chi connectivity index (χ2n) is 7.05. The molecule has 0 radical (unpaired) electrons. The van der Waals surface area contributed by atoms with Gasteiger partial charge < -0.3 is 15.4 Å². The molecule has 0 fully saturated rings. The van der Waals surface area contributed by atoms with Gasteiger partial charge in [0.1, 0.15) is 21.6 Å². The third kappa shape index (κ3) is 2.84. The first-order valence-corrected chi connectivity index (χ1v) is 10.0. The van der Waals surface area contributed by atoms with E-state index in [2.05, 4.69) is 25.8 Å². The predicted molar refractivity (Wildman–Crippen MR) is 113 cm³/mol. The molecule has 5 rings (SSSR count). The number of anilines is 1. The highest BCUT2D eigenvalue weighted by atomic mass is 32.1. The van der Waals surface area contributed by atoms with Crippen molar-refractivity contribution in [3.8, 4) is 17.0 Å². The minimum Gasteiger partial charge on any atom is -0.497 e. The van der Waals surface area contributed by atoms with E-state index in [1.807, 2.05) is 44.2 Å². The van der Waals surface area contributed by atoms with Crippen LogP contribution in [0.2, 0.25) is 0 Å². The maximum absolute atomic E-state index is 12.9. The van der Waals surface area contributed by atoms with Crippen molar-refractivity contribution >= 4 is 33.1 Å². The summed E-state index contributed by atoms with van der Waals surface area (Å²) in [6.07, 6.45) is 1.34. The van der Waals surface area contributed by atoms with Crippen LogP contribution in [0.5, 0.6) is 5.75 Å². The fourth-order valence-electron chi connectivity index (χ4n) is 3.78. The molecule has 8 heteroatoms. The molecule has 146 valence electrons. The molecule has 1 atom stereocenters. The molecule has 3 aromatic heterocycles. The number of ether oxygens (including phenoxy) is 1. The van der Waals surface area contributed by atoms with Gasteiger partial charge in [0.2, 0.25) is 0 Å². The van der Waals surface area contributed by atoms with Crippen molar-refractivity contribution in [1.29, 1.82) is 0 Å². The van der Waals surface area contributed by atoms with E-state index >= 15 is 0 Å². The molecule has 1 aliphatic rings. The average Bonchev–Trinajstić information content (AvgIpc) is 3.33. The maximum Gasteiger partial charge on any atom is 0.265 e. The number of hydrogen-bond donors (Lipinski definition) is 3. The van der Waals surface area contributed by atoms with E-state index in [9.17, 15) is 4.79 Å². The van der Waals surface area contributed by atoms with E-state index in [1.54, 1.807) is 13.3 Å². The lowest BCUT2D eigenvalue weighted by Crippen LogP contribution is -2.37. The molecular weight excluding hydrogens is 386 g/mol. The lowest BCUT2D eigenvalue weighted by atomic mass is 10.0. The Morgan fingerprint density at radius 3 is 2.69 bits per heavy atom. The summed E-state index contributed by atoms with van der Waals surface area (Å²) in [6, 6.07) is 9.76. The van der Waals surface area contributed by atoms with Crippen LogP contribution in [-0.2, 0) is 0 Å². The molecule has 4 heterocycles. The summed E-state index contributed by atoms with van der Waals surface area (Å²) in [5.74, 6) is 0.678. The summed E-state index contributed by atoms with van der Waals surface area (Å²) in [7, 11) is 1.64. The fraction of sp³-hybridized carbons (Fsp3) is 0.190. The van der Waals surface area contributed by atoms with Gasteiger partial charge in [-0.2, -0.15) is 5.10 Å². The standard InChI is InChI=1S/C21H19N5O2S/c1-10-8-11(2)23-21-15(10)17-18(29-21)20(27)25-19(24-17)14-9-22-26-16(14)12-4-6-13(28-3)7-5-12/h4-9,19,24H,1-3H3,(H,22,26)(H,25,27)/t19-/m1/s1.